The molecule has 0 spiro atoms. The molecule has 0 unspecified atom stereocenters. The van der Waals surface area contributed by atoms with Crippen molar-refractivity contribution in [2.24, 2.45) is 5.92 Å². The Bertz CT molecular complexity index is 731. The smallest absolute Gasteiger partial charge is 0.410 e. The number of amides is 2. The summed E-state index contributed by atoms with van der Waals surface area (Å²) in [5.74, 6) is 1.02. The molecule has 2 N–H and O–H groups in total. The molecule has 1 fully saturated rings. The largest absolute Gasteiger partial charge is 0.492 e. The van der Waals surface area contributed by atoms with Crippen LogP contribution in [0.15, 0.2) is 24.3 Å². The zero-order chi connectivity index (χ0) is 21.6. The molecule has 2 atom stereocenters. The molecule has 2 aliphatic heterocycles. The van der Waals surface area contributed by atoms with Crippen LogP contribution in [0.5, 0.6) is 5.75 Å². The van der Waals surface area contributed by atoms with E-state index in [0.29, 0.717) is 26.1 Å². The predicted octanol–water partition coefficient (Wildman–Crippen LogP) is 2.73. The summed E-state index contributed by atoms with van der Waals surface area (Å²) in [6.45, 7) is 9.10. The van der Waals surface area contributed by atoms with Crippen LogP contribution in [-0.4, -0.2) is 61.3 Å². The van der Waals surface area contributed by atoms with Crippen LogP contribution in [0.3, 0.4) is 0 Å². The van der Waals surface area contributed by atoms with E-state index < -0.39 is 5.60 Å². The number of hydrogen-bond donors (Lipinski definition) is 2. The van der Waals surface area contributed by atoms with Crippen LogP contribution in [0.1, 0.15) is 45.6 Å². The van der Waals surface area contributed by atoms with Gasteiger partial charge in [-0.3, -0.25) is 4.79 Å². The molecule has 2 amide bonds. The molecule has 0 aromatic heterocycles. The first kappa shape index (κ1) is 22.4. The molecule has 7 heteroatoms. The Morgan fingerprint density at radius 2 is 2.07 bits per heavy atom. The van der Waals surface area contributed by atoms with Gasteiger partial charge in [-0.2, -0.15) is 0 Å². The third-order valence-electron chi connectivity index (χ3n) is 5.47. The topological polar surface area (TPSA) is 79.9 Å². The highest BCUT2D eigenvalue weighted by Gasteiger charge is 2.34. The lowest BCUT2D eigenvalue weighted by Gasteiger charge is -2.39. The summed E-state index contributed by atoms with van der Waals surface area (Å²) in [6.07, 6.45) is 2.72. The van der Waals surface area contributed by atoms with Crippen molar-refractivity contribution in [2.45, 2.75) is 58.1 Å². The second-order valence-corrected chi connectivity index (χ2v) is 9.21. The minimum Gasteiger partial charge on any atom is -0.492 e. The molecule has 30 heavy (non-hydrogen) atoms. The van der Waals surface area contributed by atoms with Crippen LogP contribution in [-0.2, 0) is 16.0 Å². The minimum atomic E-state index is -0.509. The molecule has 3 rings (SSSR count). The van der Waals surface area contributed by atoms with E-state index in [1.165, 1.54) is 0 Å². The fourth-order valence-corrected chi connectivity index (χ4v) is 4.05. The van der Waals surface area contributed by atoms with E-state index in [1.54, 1.807) is 4.90 Å². The number of nitrogens with zero attached hydrogens (tertiary/aromatic N) is 1. The monoisotopic (exact) mass is 417 g/mol. The third-order valence-corrected chi connectivity index (χ3v) is 5.47. The van der Waals surface area contributed by atoms with Crippen LogP contribution in [0.25, 0.3) is 0 Å². The molecule has 2 bridgehead atoms. The van der Waals surface area contributed by atoms with Crippen molar-refractivity contribution < 1.29 is 19.1 Å². The van der Waals surface area contributed by atoms with E-state index in [9.17, 15) is 9.59 Å². The van der Waals surface area contributed by atoms with Gasteiger partial charge in [0, 0.05) is 25.7 Å². The molecule has 1 aromatic rings. The summed E-state index contributed by atoms with van der Waals surface area (Å²) in [7, 11) is 0. The van der Waals surface area contributed by atoms with Gasteiger partial charge < -0.3 is 25.0 Å². The van der Waals surface area contributed by atoms with E-state index in [0.717, 1.165) is 43.7 Å². The first-order valence-corrected chi connectivity index (χ1v) is 11.0. The second kappa shape index (κ2) is 10.2. The summed E-state index contributed by atoms with van der Waals surface area (Å²) < 4.78 is 11.3. The van der Waals surface area contributed by atoms with Gasteiger partial charge in [0.1, 0.15) is 18.0 Å². The number of nitrogens with one attached hydrogen (secondary N) is 2. The highest BCUT2D eigenvalue weighted by atomic mass is 16.6. The maximum Gasteiger partial charge on any atom is 0.410 e. The van der Waals surface area contributed by atoms with E-state index in [1.807, 2.05) is 45.0 Å². The molecule has 166 valence electrons. The number of carbonyl (C=O) groups is 2. The number of piperidine rings is 1. The summed E-state index contributed by atoms with van der Waals surface area (Å²) in [4.78, 5) is 27.0. The van der Waals surface area contributed by atoms with Crippen molar-refractivity contribution in [1.29, 1.82) is 0 Å². The van der Waals surface area contributed by atoms with Crippen LogP contribution in [0.4, 0.5) is 4.79 Å². The van der Waals surface area contributed by atoms with Crippen molar-refractivity contribution in [2.75, 3.05) is 32.8 Å². The van der Waals surface area contributed by atoms with Gasteiger partial charge in [0.05, 0.1) is 6.42 Å². The fraction of sp³-hybridized carbons (Fsp3) is 0.652. The Balaban J connectivity index is 1.67. The number of likely N-dealkylation sites (tertiary alicyclic amines) is 1. The Kier molecular flexibility index (Phi) is 7.58. The Morgan fingerprint density at radius 3 is 2.87 bits per heavy atom. The lowest BCUT2D eigenvalue weighted by atomic mass is 9.88. The standard InChI is InChI=1S/C23H35N3O4/c1-23(2,3)30-22(28)26-12-9-20-18(16-26)7-5-10-24-11-13-29-19-8-4-6-17(14-19)15-21(27)25-20/h4,6,8,14,18,20,24H,5,7,9-13,15-16H2,1-3H3,(H,25,27)/t18-,20+/m0/s1. The molecule has 0 saturated carbocycles. The normalized spacial score (nSPS) is 23.8. The maximum atomic E-state index is 12.7. The fourth-order valence-electron chi connectivity index (χ4n) is 4.05. The van der Waals surface area contributed by atoms with Crippen molar-refractivity contribution in [3.05, 3.63) is 29.8 Å². The molecule has 0 radical (unpaired) electrons. The van der Waals surface area contributed by atoms with Gasteiger partial charge in [0.25, 0.3) is 0 Å². The number of ether oxygens (including phenoxy) is 2. The highest BCUT2D eigenvalue weighted by Crippen LogP contribution is 2.24. The van der Waals surface area contributed by atoms with Gasteiger partial charge in [-0.25, -0.2) is 4.79 Å². The molecular weight excluding hydrogens is 382 g/mol. The molecule has 2 aliphatic rings. The average Bonchev–Trinajstić information content (AvgIpc) is 2.67. The molecule has 7 nitrogen and oxygen atoms in total. The zero-order valence-electron chi connectivity index (χ0n) is 18.4. The quantitative estimate of drug-likeness (QED) is 0.679. The van der Waals surface area contributed by atoms with Gasteiger partial charge in [0.15, 0.2) is 0 Å². The van der Waals surface area contributed by atoms with E-state index in [-0.39, 0.29) is 24.0 Å². The minimum absolute atomic E-state index is 0.0147. The summed E-state index contributed by atoms with van der Waals surface area (Å²) in [5, 5.41) is 6.64. The Hall–Kier alpha value is -2.28. The SMILES string of the molecule is CC(C)(C)OC(=O)N1CC[C@H]2NC(=O)Cc3cccc(c3)OCCNCCC[C@H]2C1. The average molecular weight is 418 g/mol. The molecular formula is C23H35N3O4. The maximum absolute atomic E-state index is 12.7. The van der Waals surface area contributed by atoms with Crippen molar-refractivity contribution >= 4 is 12.0 Å². The Labute approximate surface area is 179 Å². The molecule has 2 heterocycles. The lowest BCUT2D eigenvalue weighted by Crippen LogP contribution is -2.53. The van der Waals surface area contributed by atoms with Crippen molar-refractivity contribution in [3.8, 4) is 5.75 Å². The van der Waals surface area contributed by atoms with E-state index >= 15 is 0 Å². The molecule has 1 saturated heterocycles. The van der Waals surface area contributed by atoms with Gasteiger partial charge in [-0.1, -0.05) is 12.1 Å². The zero-order valence-corrected chi connectivity index (χ0v) is 18.4. The summed E-state index contributed by atoms with van der Waals surface area (Å²) in [5.41, 5.74) is 0.431. The summed E-state index contributed by atoms with van der Waals surface area (Å²) in [6, 6.07) is 7.79. The Morgan fingerprint density at radius 1 is 1.23 bits per heavy atom. The van der Waals surface area contributed by atoms with E-state index in [4.69, 9.17) is 9.47 Å². The first-order valence-electron chi connectivity index (χ1n) is 11.0. The number of rotatable bonds is 0. The van der Waals surface area contributed by atoms with Crippen molar-refractivity contribution in [3.63, 3.8) is 0 Å². The second-order valence-electron chi connectivity index (χ2n) is 9.21. The lowest BCUT2D eigenvalue weighted by molar-refractivity contribution is -0.121. The third kappa shape index (κ3) is 6.90. The van der Waals surface area contributed by atoms with Gasteiger partial charge in [-0.05, 0) is 70.2 Å². The van der Waals surface area contributed by atoms with Crippen LogP contribution in [0, 0.1) is 5.92 Å². The van der Waals surface area contributed by atoms with E-state index in [2.05, 4.69) is 10.6 Å². The van der Waals surface area contributed by atoms with Crippen LogP contribution >= 0.6 is 0 Å². The molecule has 1 aromatic carbocycles. The number of fused-ring (bicyclic) bond motifs is 3. The predicted molar refractivity (Wildman–Crippen MR) is 116 cm³/mol. The number of hydrogen-bond acceptors (Lipinski definition) is 5. The highest BCUT2D eigenvalue weighted by molar-refractivity contribution is 5.79. The van der Waals surface area contributed by atoms with Crippen LogP contribution < -0.4 is 15.4 Å². The molecule has 0 aliphatic carbocycles. The number of carbonyl (C=O) groups excluding carboxylic acids is 2. The van der Waals surface area contributed by atoms with Crippen molar-refractivity contribution in [1.82, 2.24) is 15.5 Å². The van der Waals surface area contributed by atoms with Crippen LogP contribution in [0.2, 0.25) is 0 Å². The number of benzene rings is 1. The van der Waals surface area contributed by atoms with Gasteiger partial charge in [-0.15, -0.1) is 0 Å². The van der Waals surface area contributed by atoms with Gasteiger partial charge in [0.2, 0.25) is 5.91 Å². The van der Waals surface area contributed by atoms with Gasteiger partial charge >= 0.3 is 6.09 Å². The summed E-state index contributed by atoms with van der Waals surface area (Å²) >= 11 is 0. The first-order chi connectivity index (χ1) is 14.3.